The first kappa shape index (κ1) is 24.2. The molecule has 0 aliphatic heterocycles. The lowest BCUT2D eigenvalue weighted by Gasteiger charge is -2.10. The van der Waals surface area contributed by atoms with Crippen molar-refractivity contribution in [3.63, 3.8) is 0 Å². The Balaban J connectivity index is 2.18. The summed E-state index contributed by atoms with van der Waals surface area (Å²) >= 11 is 0. The summed E-state index contributed by atoms with van der Waals surface area (Å²) in [6, 6.07) is 7.96. The Labute approximate surface area is 194 Å². The van der Waals surface area contributed by atoms with Gasteiger partial charge in [-0.15, -0.1) is 0 Å². The molecular formula is C25H22O9. The number of carbonyl (C=O) groups excluding carboxylic acids is 4. The highest BCUT2D eigenvalue weighted by molar-refractivity contribution is 5.96. The van der Waals surface area contributed by atoms with E-state index < -0.39 is 23.9 Å². The van der Waals surface area contributed by atoms with Crippen LogP contribution in [0.5, 0.6) is 17.2 Å². The van der Waals surface area contributed by atoms with Crippen LogP contribution < -0.4 is 14.2 Å². The number of hydrogen-bond donors (Lipinski definition) is 0. The van der Waals surface area contributed by atoms with Crippen LogP contribution >= 0.6 is 0 Å². The van der Waals surface area contributed by atoms with Gasteiger partial charge in [0, 0.05) is 43.4 Å². The zero-order chi connectivity index (χ0) is 25.0. The number of carbonyl (C=O) groups is 4. The highest BCUT2D eigenvalue weighted by Gasteiger charge is 2.20. The van der Waals surface area contributed by atoms with Crippen molar-refractivity contribution in [3.05, 3.63) is 47.5 Å². The average molecular weight is 466 g/mol. The highest BCUT2D eigenvalue weighted by atomic mass is 16.6. The van der Waals surface area contributed by atoms with Gasteiger partial charge in [0.1, 0.15) is 5.76 Å². The van der Waals surface area contributed by atoms with E-state index in [1.807, 2.05) is 0 Å². The third-order valence-corrected chi connectivity index (χ3v) is 4.61. The maximum absolute atomic E-state index is 11.7. The minimum absolute atomic E-state index is 0.0435. The van der Waals surface area contributed by atoms with E-state index in [0.717, 1.165) is 0 Å². The zero-order valence-corrected chi connectivity index (χ0v) is 19.2. The molecule has 0 N–H and O–H groups in total. The number of benzene rings is 2. The van der Waals surface area contributed by atoms with Crippen molar-refractivity contribution in [2.24, 2.45) is 0 Å². The van der Waals surface area contributed by atoms with Crippen LogP contribution in [0.15, 0.2) is 40.8 Å². The third kappa shape index (κ3) is 5.50. The van der Waals surface area contributed by atoms with Crippen molar-refractivity contribution < 1.29 is 42.5 Å². The number of fused-ring (bicyclic) bond motifs is 1. The fourth-order valence-corrected chi connectivity index (χ4v) is 3.27. The zero-order valence-electron chi connectivity index (χ0n) is 19.2. The second kappa shape index (κ2) is 10.0. The number of rotatable bonds is 6. The minimum Gasteiger partial charge on any atom is -0.466 e. The van der Waals surface area contributed by atoms with Crippen molar-refractivity contribution in [1.82, 2.24) is 0 Å². The van der Waals surface area contributed by atoms with Crippen molar-refractivity contribution in [2.45, 2.75) is 27.7 Å². The van der Waals surface area contributed by atoms with Crippen molar-refractivity contribution in [1.29, 1.82) is 0 Å². The molecule has 1 aromatic heterocycles. The van der Waals surface area contributed by atoms with Gasteiger partial charge in [0.05, 0.1) is 7.11 Å². The van der Waals surface area contributed by atoms with Gasteiger partial charge in [-0.05, 0) is 48.9 Å². The first-order valence-electron chi connectivity index (χ1n) is 10.1. The number of hydrogen-bond acceptors (Lipinski definition) is 9. The normalized spacial score (nSPS) is 10.9. The Bertz CT molecular complexity index is 1330. The van der Waals surface area contributed by atoms with Gasteiger partial charge in [-0.3, -0.25) is 14.4 Å². The third-order valence-electron chi connectivity index (χ3n) is 4.61. The van der Waals surface area contributed by atoms with Crippen LogP contribution in [0.1, 0.15) is 31.9 Å². The van der Waals surface area contributed by atoms with Crippen molar-refractivity contribution >= 4 is 40.9 Å². The summed E-state index contributed by atoms with van der Waals surface area (Å²) in [5, 5.41) is 0.636. The van der Waals surface area contributed by atoms with E-state index in [9.17, 15) is 19.2 Å². The van der Waals surface area contributed by atoms with E-state index in [0.29, 0.717) is 33.4 Å². The summed E-state index contributed by atoms with van der Waals surface area (Å²) in [5.41, 5.74) is 2.12. The highest BCUT2D eigenvalue weighted by Crippen LogP contribution is 2.41. The molecule has 0 saturated heterocycles. The first-order chi connectivity index (χ1) is 16.1. The second-order valence-electron chi connectivity index (χ2n) is 7.25. The summed E-state index contributed by atoms with van der Waals surface area (Å²) in [5.74, 6) is -1.54. The fourth-order valence-electron chi connectivity index (χ4n) is 3.27. The van der Waals surface area contributed by atoms with Crippen LogP contribution in [-0.4, -0.2) is 31.0 Å². The predicted molar refractivity (Wildman–Crippen MR) is 121 cm³/mol. The molecule has 0 saturated carbocycles. The molecule has 1 heterocycles. The molecule has 9 heteroatoms. The molecule has 0 fully saturated rings. The average Bonchev–Trinajstić information content (AvgIpc) is 3.09. The van der Waals surface area contributed by atoms with Crippen molar-refractivity contribution in [3.8, 4) is 28.6 Å². The Hall–Kier alpha value is -4.40. The van der Waals surface area contributed by atoms with Gasteiger partial charge in [0.15, 0.2) is 22.8 Å². The maximum atomic E-state index is 11.7. The number of methoxy groups -OCH3 is 1. The molecule has 9 nitrogen and oxygen atoms in total. The van der Waals surface area contributed by atoms with Crippen LogP contribution in [0.3, 0.4) is 0 Å². The number of esters is 4. The smallest absolute Gasteiger partial charge is 0.330 e. The molecule has 0 amide bonds. The largest absolute Gasteiger partial charge is 0.466 e. The molecule has 0 atom stereocenters. The van der Waals surface area contributed by atoms with E-state index >= 15 is 0 Å². The summed E-state index contributed by atoms with van der Waals surface area (Å²) in [7, 11) is 1.27. The molecule has 0 unspecified atom stereocenters. The lowest BCUT2D eigenvalue weighted by atomic mass is 10.0. The summed E-state index contributed by atoms with van der Waals surface area (Å²) < 4.78 is 26.3. The predicted octanol–water partition coefficient (Wildman–Crippen LogP) is 4.37. The number of ether oxygens (including phenoxy) is 4. The van der Waals surface area contributed by atoms with Gasteiger partial charge in [-0.25, -0.2) is 4.79 Å². The Morgan fingerprint density at radius 1 is 0.824 bits per heavy atom. The van der Waals surface area contributed by atoms with Crippen LogP contribution in [0, 0.1) is 6.92 Å². The van der Waals surface area contributed by atoms with Gasteiger partial charge in [-0.2, -0.15) is 0 Å². The number of aryl methyl sites for hydroxylation is 1. The maximum Gasteiger partial charge on any atom is 0.330 e. The molecule has 3 aromatic rings. The van der Waals surface area contributed by atoms with E-state index in [2.05, 4.69) is 4.74 Å². The molecule has 0 aliphatic rings. The SMILES string of the molecule is COC(=O)/C=C/c1cc(OC(C)=O)c2oc(-c3ccc(OC(C)=O)c(OC(C)=O)c3)c(C)c2c1. The Morgan fingerprint density at radius 3 is 2.06 bits per heavy atom. The molecular weight excluding hydrogens is 444 g/mol. The molecule has 0 spiro atoms. The summed E-state index contributed by atoms with van der Waals surface area (Å²) in [6.07, 6.45) is 2.77. The lowest BCUT2D eigenvalue weighted by molar-refractivity contribution is -0.135. The fraction of sp³-hybridized carbons (Fsp3) is 0.200. The minimum atomic E-state index is -0.592. The molecule has 0 bridgehead atoms. The quantitative estimate of drug-likeness (QED) is 0.296. The molecule has 0 aliphatic carbocycles. The topological polar surface area (TPSA) is 118 Å². The van der Waals surface area contributed by atoms with Crippen LogP contribution in [-0.2, 0) is 23.9 Å². The van der Waals surface area contributed by atoms with Gasteiger partial charge in [0.25, 0.3) is 0 Å². The van der Waals surface area contributed by atoms with Gasteiger partial charge >= 0.3 is 23.9 Å². The van der Waals surface area contributed by atoms with Gasteiger partial charge in [0.2, 0.25) is 0 Å². The van der Waals surface area contributed by atoms with Gasteiger partial charge in [-0.1, -0.05) is 0 Å². The van der Waals surface area contributed by atoms with E-state index in [-0.39, 0.29) is 17.2 Å². The summed E-state index contributed by atoms with van der Waals surface area (Å²) in [6.45, 7) is 5.53. The Kier molecular flexibility index (Phi) is 7.15. The molecule has 34 heavy (non-hydrogen) atoms. The summed E-state index contributed by atoms with van der Waals surface area (Å²) in [4.78, 5) is 46.1. The lowest BCUT2D eigenvalue weighted by Crippen LogP contribution is -2.07. The van der Waals surface area contributed by atoms with E-state index in [1.165, 1.54) is 52.2 Å². The van der Waals surface area contributed by atoms with E-state index in [1.54, 1.807) is 25.1 Å². The van der Waals surface area contributed by atoms with Crippen LogP contribution in [0.2, 0.25) is 0 Å². The van der Waals surface area contributed by atoms with Gasteiger partial charge < -0.3 is 23.4 Å². The van der Waals surface area contributed by atoms with Crippen molar-refractivity contribution in [2.75, 3.05) is 7.11 Å². The monoisotopic (exact) mass is 466 g/mol. The number of furan rings is 1. The van der Waals surface area contributed by atoms with Crippen LogP contribution in [0.4, 0.5) is 0 Å². The van der Waals surface area contributed by atoms with Crippen LogP contribution in [0.25, 0.3) is 28.4 Å². The van der Waals surface area contributed by atoms with E-state index in [4.69, 9.17) is 18.6 Å². The Morgan fingerprint density at radius 2 is 1.44 bits per heavy atom. The standard InChI is InChI=1S/C25H22O9/c1-13-19-10-17(6-9-23(29)30-5)11-22(33-16(4)28)25(19)34-24(13)18-7-8-20(31-14(2)26)21(12-18)32-15(3)27/h6-12H,1-5H3/b9-6+. The molecule has 0 radical (unpaired) electrons. The second-order valence-corrected chi connectivity index (χ2v) is 7.25. The molecule has 3 rings (SSSR count). The molecule has 2 aromatic carbocycles. The molecule has 176 valence electrons. The first-order valence-corrected chi connectivity index (χ1v) is 10.1.